The molecule has 0 heterocycles. The highest BCUT2D eigenvalue weighted by molar-refractivity contribution is 4.76. The van der Waals surface area contributed by atoms with Crippen molar-refractivity contribution in [1.82, 2.24) is 0 Å². The summed E-state index contributed by atoms with van der Waals surface area (Å²) < 4.78 is 4.64. The van der Waals surface area contributed by atoms with Crippen LogP contribution in [0.2, 0.25) is 0 Å². The number of allylic oxidation sites excluding steroid dienone is 1. The van der Waals surface area contributed by atoms with Crippen LogP contribution in [0.25, 0.3) is 0 Å². The van der Waals surface area contributed by atoms with E-state index in [-0.39, 0.29) is 13.0 Å². The van der Waals surface area contributed by atoms with Crippen molar-refractivity contribution in [2.24, 2.45) is 0 Å². The molecule has 60 valence electrons. The molecule has 0 saturated carbocycles. The summed E-state index contributed by atoms with van der Waals surface area (Å²) in [4.78, 5) is 0. The molecule has 0 aliphatic carbocycles. The van der Waals surface area contributed by atoms with Gasteiger partial charge >= 0.3 is 0 Å². The molecule has 0 aromatic rings. The lowest BCUT2D eigenvalue weighted by molar-refractivity contribution is -0.334. The van der Waals surface area contributed by atoms with E-state index < -0.39 is 5.97 Å². The summed E-state index contributed by atoms with van der Waals surface area (Å²) in [6.07, 6.45) is 3.66. The minimum Gasteiger partial charge on any atom is -0.343 e. The Bertz CT molecular complexity index is 107. The molecule has 0 radical (unpaired) electrons. The Kier molecular flexibility index (Phi) is 4.27. The molecule has 0 fully saturated rings. The van der Waals surface area contributed by atoms with Crippen LogP contribution in [0.3, 0.4) is 0 Å². The first-order valence-corrected chi connectivity index (χ1v) is 3.32. The molecule has 0 aliphatic heterocycles. The SMILES string of the molecule is CC=CCOC(O)(O)CC. The van der Waals surface area contributed by atoms with Crippen LogP contribution in [-0.4, -0.2) is 22.8 Å². The predicted octanol–water partition coefficient (Wildman–Crippen LogP) is 0.628. The van der Waals surface area contributed by atoms with Crippen LogP contribution in [0.4, 0.5) is 0 Å². The topological polar surface area (TPSA) is 49.7 Å². The smallest absolute Gasteiger partial charge is 0.277 e. The fraction of sp³-hybridized carbons (Fsp3) is 0.714. The molecule has 0 aliphatic rings. The predicted molar refractivity (Wildman–Crippen MR) is 38.2 cm³/mol. The molecule has 3 heteroatoms. The van der Waals surface area contributed by atoms with E-state index in [0.29, 0.717) is 0 Å². The van der Waals surface area contributed by atoms with Crippen molar-refractivity contribution in [3.8, 4) is 0 Å². The van der Waals surface area contributed by atoms with Crippen LogP contribution >= 0.6 is 0 Å². The first kappa shape index (κ1) is 9.62. The second kappa shape index (κ2) is 4.44. The van der Waals surface area contributed by atoms with Crippen LogP contribution in [0.15, 0.2) is 12.2 Å². The van der Waals surface area contributed by atoms with Crippen molar-refractivity contribution < 1.29 is 14.9 Å². The number of rotatable bonds is 4. The molecule has 0 amide bonds. The number of aliphatic hydroxyl groups is 2. The zero-order valence-electron chi connectivity index (χ0n) is 6.37. The standard InChI is InChI=1S/C7H14O3/c1-3-5-6-10-7(8,9)4-2/h3,5,8-9H,4,6H2,1-2H3. The number of ether oxygens (including phenoxy) is 1. The van der Waals surface area contributed by atoms with E-state index in [2.05, 4.69) is 4.74 Å². The van der Waals surface area contributed by atoms with Crippen molar-refractivity contribution in [3.63, 3.8) is 0 Å². The van der Waals surface area contributed by atoms with Crippen LogP contribution in [0.1, 0.15) is 20.3 Å². The first-order chi connectivity index (χ1) is 4.62. The highest BCUT2D eigenvalue weighted by atomic mass is 16.8. The highest BCUT2D eigenvalue weighted by Crippen LogP contribution is 2.05. The highest BCUT2D eigenvalue weighted by Gasteiger charge is 2.19. The van der Waals surface area contributed by atoms with Crippen molar-refractivity contribution in [2.75, 3.05) is 6.61 Å². The van der Waals surface area contributed by atoms with Gasteiger partial charge in [-0.1, -0.05) is 19.1 Å². The van der Waals surface area contributed by atoms with Crippen molar-refractivity contribution in [2.45, 2.75) is 26.2 Å². The second-order valence-corrected chi connectivity index (χ2v) is 1.98. The van der Waals surface area contributed by atoms with Crippen LogP contribution in [0.5, 0.6) is 0 Å². The molecule has 0 unspecified atom stereocenters. The summed E-state index contributed by atoms with van der Waals surface area (Å²) in [5.74, 6) is -1.96. The molecule has 0 spiro atoms. The third kappa shape index (κ3) is 4.49. The lowest BCUT2D eigenvalue weighted by Crippen LogP contribution is -2.30. The summed E-state index contributed by atoms with van der Waals surface area (Å²) in [6, 6.07) is 0. The molecule has 3 nitrogen and oxygen atoms in total. The molecule has 0 aromatic carbocycles. The monoisotopic (exact) mass is 146 g/mol. The summed E-state index contributed by atoms with van der Waals surface area (Å²) in [6.45, 7) is 3.71. The first-order valence-electron chi connectivity index (χ1n) is 3.32. The van der Waals surface area contributed by atoms with Crippen molar-refractivity contribution in [1.29, 1.82) is 0 Å². The zero-order valence-corrected chi connectivity index (χ0v) is 6.37. The van der Waals surface area contributed by atoms with Crippen molar-refractivity contribution in [3.05, 3.63) is 12.2 Å². The van der Waals surface area contributed by atoms with Gasteiger partial charge in [0.2, 0.25) is 0 Å². The van der Waals surface area contributed by atoms with Crippen LogP contribution in [-0.2, 0) is 4.74 Å². The molecule has 10 heavy (non-hydrogen) atoms. The maximum Gasteiger partial charge on any atom is 0.277 e. The number of hydrogen-bond acceptors (Lipinski definition) is 3. The van der Waals surface area contributed by atoms with E-state index in [9.17, 15) is 0 Å². The van der Waals surface area contributed by atoms with Gasteiger partial charge in [0.1, 0.15) is 0 Å². The maximum absolute atomic E-state index is 8.85. The third-order valence-electron chi connectivity index (χ3n) is 1.11. The van der Waals surface area contributed by atoms with Gasteiger partial charge in [-0.05, 0) is 6.92 Å². The Hall–Kier alpha value is -0.380. The largest absolute Gasteiger partial charge is 0.343 e. The van der Waals surface area contributed by atoms with Gasteiger partial charge in [-0.25, -0.2) is 0 Å². The molecule has 0 saturated heterocycles. The summed E-state index contributed by atoms with van der Waals surface area (Å²) >= 11 is 0. The second-order valence-electron chi connectivity index (χ2n) is 1.98. The third-order valence-corrected chi connectivity index (χ3v) is 1.11. The molecule has 2 N–H and O–H groups in total. The van der Waals surface area contributed by atoms with E-state index in [1.54, 1.807) is 19.1 Å². The van der Waals surface area contributed by atoms with E-state index in [0.717, 1.165) is 0 Å². The van der Waals surface area contributed by atoms with Gasteiger partial charge in [-0.15, -0.1) is 0 Å². The molecule has 0 aromatic heterocycles. The van der Waals surface area contributed by atoms with Gasteiger partial charge in [-0.2, -0.15) is 0 Å². The average molecular weight is 146 g/mol. The summed E-state index contributed by atoms with van der Waals surface area (Å²) in [5, 5.41) is 17.7. The summed E-state index contributed by atoms with van der Waals surface area (Å²) in [7, 11) is 0. The summed E-state index contributed by atoms with van der Waals surface area (Å²) in [5.41, 5.74) is 0. The Morgan fingerprint density at radius 3 is 2.50 bits per heavy atom. The van der Waals surface area contributed by atoms with Gasteiger partial charge in [0, 0.05) is 6.42 Å². The fourth-order valence-electron chi connectivity index (χ4n) is 0.380. The Morgan fingerprint density at radius 1 is 1.50 bits per heavy atom. The van der Waals surface area contributed by atoms with Gasteiger partial charge in [0.25, 0.3) is 5.97 Å². The van der Waals surface area contributed by atoms with Crippen LogP contribution in [0, 0.1) is 0 Å². The molecular formula is C7H14O3. The van der Waals surface area contributed by atoms with E-state index >= 15 is 0 Å². The lowest BCUT2D eigenvalue weighted by atomic mass is 10.4. The molecule has 0 bridgehead atoms. The Morgan fingerprint density at radius 2 is 2.10 bits per heavy atom. The quantitative estimate of drug-likeness (QED) is 0.451. The molecule has 0 atom stereocenters. The minimum absolute atomic E-state index is 0.171. The average Bonchev–Trinajstić information content (AvgIpc) is 1.89. The fourth-order valence-corrected chi connectivity index (χ4v) is 0.380. The molecular weight excluding hydrogens is 132 g/mol. The lowest BCUT2D eigenvalue weighted by Gasteiger charge is -2.18. The van der Waals surface area contributed by atoms with E-state index in [1.165, 1.54) is 0 Å². The zero-order chi connectivity index (χ0) is 8.04. The maximum atomic E-state index is 8.85. The minimum atomic E-state index is -1.96. The van der Waals surface area contributed by atoms with Gasteiger partial charge in [0.05, 0.1) is 6.61 Å². The Balaban J connectivity index is 3.46. The van der Waals surface area contributed by atoms with E-state index in [1.807, 2.05) is 6.92 Å². The number of hydrogen-bond donors (Lipinski definition) is 2. The normalized spacial score (nSPS) is 12.8. The Labute approximate surface area is 60.9 Å². The van der Waals surface area contributed by atoms with Gasteiger partial charge in [0.15, 0.2) is 0 Å². The van der Waals surface area contributed by atoms with Gasteiger partial charge < -0.3 is 14.9 Å². The molecule has 0 rings (SSSR count). The van der Waals surface area contributed by atoms with Crippen molar-refractivity contribution >= 4 is 0 Å². The van der Waals surface area contributed by atoms with Gasteiger partial charge in [-0.3, -0.25) is 0 Å². The van der Waals surface area contributed by atoms with Crippen LogP contribution < -0.4 is 0 Å². The van der Waals surface area contributed by atoms with E-state index in [4.69, 9.17) is 10.2 Å².